The Morgan fingerprint density at radius 3 is 2.07 bits per heavy atom. The maximum absolute atomic E-state index is 13.0. The van der Waals surface area contributed by atoms with Gasteiger partial charge in [-0.3, -0.25) is 24.7 Å². The Morgan fingerprint density at radius 2 is 1.40 bits per heavy atom. The highest BCUT2D eigenvalue weighted by Crippen LogP contribution is 2.25. The van der Waals surface area contributed by atoms with Crippen LogP contribution in [0.15, 0.2) is 83.8 Å². The zero-order chi connectivity index (χ0) is 21.7. The minimum atomic E-state index is -3.93. The Balaban J connectivity index is 1.76. The van der Waals surface area contributed by atoms with Gasteiger partial charge < -0.3 is 0 Å². The highest BCUT2D eigenvalue weighted by atomic mass is 35.5. The largest absolute Gasteiger partial charge is 0.269 e. The molecule has 7 nitrogen and oxygen atoms in total. The van der Waals surface area contributed by atoms with Crippen molar-refractivity contribution in [3.05, 3.63) is 95.0 Å². The van der Waals surface area contributed by atoms with Gasteiger partial charge in [-0.25, -0.2) is 8.42 Å². The first-order valence-corrected chi connectivity index (χ1v) is 10.6. The zero-order valence-corrected chi connectivity index (χ0v) is 17.4. The third kappa shape index (κ3) is 4.79. The van der Waals surface area contributed by atoms with Gasteiger partial charge in [-0.15, -0.1) is 0 Å². The summed E-state index contributed by atoms with van der Waals surface area (Å²) in [6.45, 7) is 0. The van der Waals surface area contributed by atoms with Crippen molar-refractivity contribution in [2.75, 3.05) is 11.4 Å². The molecule has 0 fully saturated rings. The first-order chi connectivity index (χ1) is 14.3. The number of carbonyl (C=O) groups excluding carboxylic acids is 2. The molecule has 154 valence electrons. The van der Waals surface area contributed by atoms with Crippen LogP contribution in [0.5, 0.6) is 0 Å². The van der Waals surface area contributed by atoms with Crippen LogP contribution in [0.25, 0.3) is 0 Å². The number of nitrogens with one attached hydrogen (secondary N) is 2. The average molecular weight is 444 g/mol. The van der Waals surface area contributed by atoms with Crippen LogP contribution in [-0.4, -0.2) is 27.3 Å². The van der Waals surface area contributed by atoms with Crippen molar-refractivity contribution < 1.29 is 18.0 Å². The molecule has 0 heterocycles. The third-order valence-electron chi connectivity index (χ3n) is 4.25. The van der Waals surface area contributed by atoms with Gasteiger partial charge in [0.25, 0.3) is 21.8 Å². The predicted molar refractivity (Wildman–Crippen MR) is 115 cm³/mol. The number of hydrogen-bond donors (Lipinski definition) is 2. The standard InChI is InChI=1S/C21H18ClN3O4S/c1-25(18-11-6-10-17(22)14-18)30(28,29)19-12-5-9-16(13-19)21(27)24-23-20(26)15-7-3-2-4-8-15/h2-14H,1H3,(H,23,26)(H,24,27). The van der Waals surface area contributed by atoms with E-state index in [1.54, 1.807) is 48.5 Å². The van der Waals surface area contributed by atoms with Crippen LogP contribution in [-0.2, 0) is 10.0 Å². The van der Waals surface area contributed by atoms with Gasteiger partial charge in [0.2, 0.25) is 0 Å². The summed E-state index contributed by atoms with van der Waals surface area (Å²) in [6, 6.07) is 20.3. The average Bonchev–Trinajstić information content (AvgIpc) is 2.77. The Labute approximate surface area is 179 Å². The van der Waals surface area contributed by atoms with E-state index in [9.17, 15) is 18.0 Å². The third-order valence-corrected chi connectivity index (χ3v) is 6.27. The number of benzene rings is 3. The SMILES string of the molecule is CN(c1cccc(Cl)c1)S(=O)(=O)c1cccc(C(=O)NNC(=O)c2ccccc2)c1. The fraction of sp³-hybridized carbons (Fsp3) is 0.0476. The lowest BCUT2D eigenvalue weighted by atomic mass is 10.2. The van der Waals surface area contributed by atoms with Crippen LogP contribution in [0, 0.1) is 0 Å². The number of sulfonamides is 1. The van der Waals surface area contributed by atoms with Crippen molar-refractivity contribution in [1.82, 2.24) is 10.9 Å². The molecule has 0 bridgehead atoms. The van der Waals surface area contributed by atoms with Crippen LogP contribution >= 0.6 is 11.6 Å². The molecule has 0 saturated carbocycles. The molecule has 0 aliphatic heterocycles. The molecule has 3 aromatic carbocycles. The lowest BCUT2D eigenvalue weighted by Crippen LogP contribution is -2.41. The molecular weight excluding hydrogens is 426 g/mol. The monoisotopic (exact) mass is 443 g/mol. The van der Waals surface area contributed by atoms with Crippen LogP contribution in [0.3, 0.4) is 0 Å². The van der Waals surface area contributed by atoms with E-state index in [1.807, 2.05) is 0 Å². The Kier molecular flexibility index (Phi) is 6.39. The van der Waals surface area contributed by atoms with Crippen molar-refractivity contribution in [2.24, 2.45) is 0 Å². The van der Waals surface area contributed by atoms with Crippen molar-refractivity contribution in [3.8, 4) is 0 Å². The van der Waals surface area contributed by atoms with Gasteiger partial charge in [-0.1, -0.05) is 41.9 Å². The summed E-state index contributed by atoms with van der Waals surface area (Å²) in [5, 5.41) is 0.400. The van der Waals surface area contributed by atoms with Gasteiger partial charge in [0.1, 0.15) is 0 Å². The number of rotatable bonds is 5. The number of hydrazine groups is 1. The lowest BCUT2D eigenvalue weighted by molar-refractivity contribution is 0.0846. The van der Waals surface area contributed by atoms with E-state index in [0.29, 0.717) is 16.3 Å². The highest BCUT2D eigenvalue weighted by molar-refractivity contribution is 7.92. The first-order valence-electron chi connectivity index (χ1n) is 8.79. The molecule has 0 aliphatic carbocycles. The van der Waals surface area contributed by atoms with Gasteiger partial charge in [-0.2, -0.15) is 0 Å². The van der Waals surface area contributed by atoms with E-state index in [4.69, 9.17) is 11.6 Å². The number of amides is 2. The van der Waals surface area contributed by atoms with E-state index in [2.05, 4.69) is 10.9 Å². The summed E-state index contributed by atoms with van der Waals surface area (Å²) in [6.07, 6.45) is 0. The molecule has 0 aromatic heterocycles. The van der Waals surface area contributed by atoms with E-state index < -0.39 is 21.8 Å². The second kappa shape index (κ2) is 8.98. The Morgan fingerprint density at radius 1 is 0.800 bits per heavy atom. The Bertz CT molecular complexity index is 1180. The second-order valence-corrected chi connectivity index (χ2v) is 8.66. The summed E-state index contributed by atoms with van der Waals surface area (Å²) in [7, 11) is -2.54. The molecule has 9 heteroatoms. The second-order valence-electron chi connectivity index (χ2n) is 6.25. The van der Waals surface area contributed by atoms with Crippen molar-refractivity contribution in [1.29, 1.82) is 0 Å². The summed E-state index contributed by atoms with van der Waals surface area (Å²) in [5.74, 6) is -1.14. The summed E-state index contributed by atoms with van der Waals surface area (Å²) in [4.78, 5) is 24.4. The minimum absolute atomic E-state index is 0.0731. The molecule has 0 unspecified atom stereocenters. The van der Waals surface area contributed by atoms with E-state index >= 15 is 0 Å². The van der Waals surface area contributed by atoms with Crippen molar-refractivity contribution in [3.63, 3.8) is 0 Å². The summed E-state index contributed by atoms with van der Waals surface area (Å²) < 4.78 is 27.0. The maximum atomic E-state index is 13.0. The van der Waals surface area contributed by atoms with Gasteiger partial charge in [-0.05, 0) is 48.5 Å². The summed E-state index contributed by atoms with van der Waals surface area (Å²) >= 11 is 5.95. The molecule has 3 aromatic rings. The first kappa shape index (κ1) is 21.4. The number of halogens is 1. The quantitative estimate of drug-likeness (QED) is 0.592. The maximum Gasteiger partial charge on any atom is 0.269 e. The number of carbonyl (C=O) groups is 2. The highest BCUT2D eigenvalue weighted by Gasteiger charge is 2.22. The minimum Gasteiger partial charge on any atom is -0.269 e. The normalized spacial score (nSPS) is 10.9. The van der Waals surface area contributed by atoms with Crippen LogP contribution in [0.2, 0.25) is 5.02 Å². The topological polar surface area (TPSA) is 95.6 Å². The molecular formula is C21H18ClN3O4S. The van der Waals surface area contributed by atoms with Gasteiger partial charge in [0, 0.05) is 23.2 Å². The number of hydrogen-bond acceptors (Lipinski definition) is 4. The van der Waals surface area contributed by atoms with Crippen molar-refractivity contribution >= 4 is 39.1 Å². The molecule has 0 aliphatic rings. The zero-order valence-electron chi connectivity index (χ0n) is 15.9. The van der Waals surface area contributed by atoms with Gasteiger partial charge in [0.15, 0.2) is 0 Å². The molecule has 0 radical (unpaired) electrons. The van der Waals surface area contributed by atoms with Crippen LogP contribution in [0.4, 0.5) is 5.69 Å². The molecule has 2 N–H and O–H groups in total. The fourth-order valence-corrected chi connectivity index (χ4v) is 4.03. The molecule has 3 rings (SSSR count). The molecule has 0 spiro atoms. The molecule has 2 amide bonds. The van der Waals surface area contributed by atoms with Gasteiger partial charge >= 0.3 is 0 Å². The van der Waals surface area contributed by atoms with E-state index in [0.717, 1.165) is 4.31 Å². The van der Waals surface area contributed by atoms with Crippen LogP contribution in [0.1, 0.15) is 20.7 Å². The number of anilines is 1. The molecule has 30 heavy (non-hydrogen) atoms. The predicted octanol–water partition coefficient (Wildman–Crippen LogP) is 3.24. The smallest absolute Gasteiger partial charge is 0.269 e. The lowest BCUT2D eigenvalue weighted by Gasteiger charge is -2.20. The Hall–Kier alpha value is -3.36. The van der Waals surface area contributed by atoms with E-state index in [-0.39, 0.29) is 10.5 Å². The molecule has 0 saturated heterocycles. The van der Waals surface area contributed by atoms with Crippen molar-refractivity contribution in [2.45, 2.75) is 4.90 Å². The number of nitrogens with zero attached hydrogens (tertiary/aromatic N) is 1. The fourth-order valence-electron chi connectivity index (χ4n) is 2.61. The van der Waals surface area contributed by atoms with E-state index in [1.165, 1.54) is 37.4 Å². The summed E-state index contributed by atoms with van der Waals surface area (Å²) in [5.41, 5.74) is 5.40. The van der Waals surface area contributed by atoms with Gasteiger partial charge in [0.05, 0.1) is 10.6 Å². The van der Waals surface area contributed by atoms with Crippen LogP contribution < -0.4 is 15.2 Å². The molecule has 0 atom stereocenters.